The van der Waals surface area contributed by atoms with Gasteiger partial charge in [0.1, 0.15) is 17.7 Å². The first kappa shape index (κ1) is 10.3. The van der Waals surface area contributed by atoms with Crippen LogP contribution in [0.1, 0.15) is 6.42 Å². The Morgan fingerprint density at radius 2 is 2.29 bits per heavy atom. The van der Waals surface area contributed by atoms with E-state index in [-0.39, 0.29) is 29.7 Å². The van der Waals surface area contributed by atoms with Crippen LogP contribution in [0, 0.1) is 17.2 Å². The maximum absolute atomic E-state index is 11.4. The number of nitriles is 1. The van der Waals surface area contributed by atoms with Crippen LogP contribution >= 0.6 is 0 Å². The minimum atomic E-state index is -0.784. The highest BCUT2D eigenvalue weighted by atomic mass is 16.7. The van der Waals surface area contributed by atoms with Crippen molar-refractivity contribution in [3.63, 3.8) is 0 Å². The highest BCUT2D eigenvalue weighted by molar-refractivity contribution is 5.92. The summed E-state index contributed by atoms with van der Waals surface area (Å²) in [5.41, 5.74) is -0.270. The highest BCUT2D eigenvalue weighted by Gasteiger charge is 2.65. The Morgan fingerprint density at radius 1 is 1.53 bits per heavy atom. The molecule has 3 saturated heterocycles. The van der Waals surface area contributed by atoms with Crippen molar-refractivity contribution in [3.8, 4) is 6.07 Å². The Morgan fingerprint density at radius 3 is 3.00 bits per heavy atom. The molecule has 0 aromatic rings. The molecule has 0 aromatic heterocycles. The lowest BCUT2D eigenvalue weighted by molar-refractivity contribution is -0.156. The summed E-state index contributed by atoms with van der Waals surface area (Å²) in [5.74, 6) is -1.30. The monoisotopic (exact) mass is 235 g/mol. The molecule has 3 aliphatic heterocycles. The lowest BCUT2D eigenvalue weighted by Crippen LogP contribution is -2.40. The smallest absolute Gasteiger partial charge is 0.348 e. The molecule has 0 N–H and O–H groups in total. The molecule has 88 valence electrons. The van der Waals surface area contributed by atoms with E-state index in [2.05, 4.69) is 6.58 Å². The Bertz CT molecular complexity index is 465. The van der Waals surface area contributed by atoms with Crippen molar-refractivity contribution in [1.29, 1.82) is 5.26 Å². The summed E-state index contributed by atoms with van der Waals surface area (Å²) in [5, 5.41) is 8.52. The van der Waals surface area contributed by atoms with Crippen LogP contribution in [0.25, 0.3) is 0 Å². The van der Waals surface area contributed by atoms with Crippen LogP contribution in [0.2, 0.25) is 0 Å². The van der Waals surface area contributed by atoms with Gasteiger partial charge in [0, 0.05) is 0 Å². The Hall–Kier alpha value is -1.87. The molecule has 3 heterocycles. The Kier molecular flexibility index (Phi) is 2.00. The molecular formula is C11H9NO5. The first-order valence-electron chi connectivity index (χ1n) is 5.27. The Labute approximate surface area is 96.7 Å². The zero-order valence-electron chi connectivity index (χ0n) is 8.79. The molecule has 6 heteroatoms. The summed E-state index contributed by atoms with van der Waals surface area (Å²) in [7, 11) is 0. The average molecular weight is 235 g/mol. The second-order valence-electron chi connectivity index (χ2n) is 4.34. The van der Waals surface area contributed by atoms with Gasteiger partial charge in [-0.25, -0.2) is 4.79 Å². The van der Waals surface area contributed by atoms with Crippen LogP contribution in [0.4, 0.5) is 0 Å². The van der Waals surface area contributed by atoms with E-state index in [4.69, 9.17) is 19.5 Å². The SMILES string of the molecule is C=C(C#N)C(=O)OC1C2CC3C(=O)OC1C3O2. The summed E-state index contributed by atoms with van der Waals surface area (Å²) >= 11 is 0. The lowest BCUT2D eigenvalue weighted by Gasteiger charge is -2.21. The summed E-state index contributed by atoms with van der Waals surface area (Å²) < 4.78 is 15.7. The van der Waals surface area contributed by atoms with Crippen molar-refractivity contribution in [3.05, 3.63) is 12.2 Å². The van der Waals surface area contributed by atoms with Crippen molar-refractivity contribution in [1.82, 2.24) is 0 Å². The molecule has 0 aliphatic carbocycles. The molecule has 3 rings (SSSR count). The van der Waals surface area contributed by atoms with E-state index in [0.29, 0.717) is 6.42 Å². The van der Waals surface area contributed by atoms with Gasteiger partial charge in [-0.05, 0) is 6.42 Å². The molecule has 17 heavy (non-hydrogen) atoms. The van der Waals surface area contributed by atoms with Gasteiger partial charge in [-0.3, -0.25) is 4.79 Å². The maximum Gasteiger partial charge on any atom is 0.348 e. The fourth-order valence-electron chi connectivity index (χ4n) is 2.62. The second-order valence-corrected chi connectivity index (χ2v) is 4.34. The molecule has 6 nitrogen and oxygen atoms in total. The van der Waals surface area contributed by atoms with Crippen molar-refractivity contribution in [2.45, 2.75) is 30.8 Å². The molecule has 3 fully saturated rings. The molecule has 0 amide bonds. The van der Waals surface area contributed by atoms with E-state index in [9.17, 15) is 9.59 Å². The third-order valence-corrected chi connectivity index (χ3v) is 3.41. The fourth-order valence-corrected chi connectivity index (χ4v) is 2.62. The number of hydrogen-bond acceptors (Lipinski definition) is 6. The van der Waals surface area contributed by atoms with Crippen molar-refractivity contribution >= 4 is 11.9 Å². The van der Waals surface area contributed by atoms with E-state index in [0.717, 1.165) is 0 Å². The number of fused-ring (bicyclic) bond motifs is 1. The molecule has 2 bridgehead atoms. The third-order valence-electron chi connectivity index (χ3n) is 3.41. The van der Waals surface area contributed by atoms with Crippen LogP contribution < -0.4 is 0 Å². The van der Waals surface area contributed by atoms with Gasteiger partial charge in [0.05, 0.1) is 12.0 Å². The van der Waals surface area contributed by atoms with Gasteiger partial charge >= 0.3 is 11.9 Å². The number of nitrogens with zero attached hydrogens (tertiary/aromatic N) is 1. The summed E-state index contributed by atoms with van der Waals surface area (Å²) in [6.45, 7) is 3.27. The van der Waals surface area contributed by atoms with Crippen LogP contribution in [0.5, 0.6) is 0 Å². The van der Waals surface area contributed by atoms with Gasteiger partial charge in [0.15, 0.2) is 12.2 Å². The lowest BCUT2D eigenvalue weighted by atomic mass is 9.88. The van der Waals surface area contributed by atoms with Crippen LogP contribution in [-0.2, 0) is 23.8 Å². The normalized spacial score (nSPS) is 40.9. The minimum absolute atomic E-state index is 0.223. The molecule has 5 unspecified atom stereocenters. The quantitative estimate of drug-likeness (QED) is 0.371. The number of rotatable bonds is 2. The number of hydrogen-bond donors (Lipinski definition) is 0. The summed E-state index contributed by atoms with van der Waals surface area (Å²) in [4.78, 5) is 22.8. The highest BCUT2D eigenvalue weighted by Crippen LogP contribution is 2.47. The predicted molar refractivity (Wildman–Crippen MR) is 51.3 cm³/mol. The van der Waals surface area contributed by atoms with Crippen LogP contribution in [0.15, 0.2) is 12.2 Å². The largest absolute Gasteiger partial charge is 0.455 e. The van der Waals surface area contributed by atoms with Gasteiger partial charge in [-0.1, -0.05) is 6.58 Å². The Balaban J connectivity index is 1.75. The van der Waals surface area contributed by atoms with E-state index in [1.165, 1.54) is 0 Å². The van der Waals surface area contributed by atoms with E-state index in [1.54, 1.807) is 6.07 Å². The fraction of sp³-hybridized carbons (Fsp3) is 0.545. The van der Waals surface area contributed by atoms with E-state index >= 15 is 0 Å². The predicted octanol–water partition coefficient (Wildman–Crippen LogP) is -0.309. The number of carbonyl (C=O) groups is 2. The van der Waals surface area contributed by atoms with Gasteiger partial charge in [0.25, 0.3) is 0 Å². The number of ether oxygens (including phenoxy) is 3. The summed E-state index contributed by atoms with van der Waals surface area (Å²) in [6.07, 6.45) is -1.24. The zero-order valence-corrected chi connectivity index (χ0v) is 8.79. The number of esters is 2. The van der Waals surface area contributed by atoms with Crippen LogP contribution in [0.3, 0.4) is 0 Å². The minimum Gasteiger partial charge on any atom is -0.455 e. The van der Waals surface area contributed by atoms with E-state index in [1.807, 2.05) is 0 Å². The topological polar surface area (TPSA) is 85.6 Å². The van der Waals surface area contributed by atoms with Crippen molar-refractivity contribution in [2.75, 3.05) is 0 Å². The van der Waals surface area contributed by atoms with Gasteiger partial charge in [-0.2, -0.15) is 5.26 Å². The summed E-state index contributed by atoms with van der Waals surface area (Å²) in [6, 6.07) is 1.62. The van der Waals surface area contributed by atoms with E-state index < -0.39 is 18.2 Å². The molecule has 3 aliphatic rings. The molecule has 0 aromatic carbocycles. The van der Waals surface area contributed by atoms with Crippen LogP contribution in [-0.4, -0.2) is 36.4 Å². The molecule has 0 radical (unpaired) electrons. The van der Waals surface area contributed by atoms with Gasteiger partial charge in [-0.15, -0.1) is 0 Å². The van der Waals surface area contributed by atoms with Gasteiger partial charge < -0.3 is 14.2 Å². The molecular weight excluding hydrogens is 226 g/mol. The van der Waals surface area contributed by atoms with Crippen molar-refractivity contribution < 1.29 is 23.8 Å². The average Bonchev–Trinajstić information content (AvgIpc) is 2.92. The molecule has 0 spiro atoms. The molecule has 5 atom stereocenters. The second kappa shape index (κ2) is 3.31. The zero-order chi connectivity index (χ0) is 12.2. The maximum atomic E-state index is 11.4. The first-order chi connectivity index (χ1) is 8.11. The number of carbonyl (C=O) groups excluding carboxylic acids is 2. The standard InChI is InChI=1S/C11H9NO5/c1-4(3-12)10(13)16-8-6-2-5-7(15-6)9(8)17-11(5)14/h5-9H,1-2H2. The van der Waals surface area contributed by atoms with Gasteiger partial charge in [0.2, 0.25) is 0 Å². The third kappa shape index (κ3) is 1.29. The first-order valence-corrected chi connectivity index (χ1v) is 5.27. The molecule has 0 saturated carbocycles. The van der Waals surface area contributed by atoms with Crippen molar-refractivity contribution in [2.24, 2.45) is 5.92 Å².